The molecule has 90 valence electrons. The van der Waals surface area contributed by atoms with Gasteiger partial charge in [0.2, 0.25) is 5.91 Å². The molecule has 1 N–H and O–H groups in total. The van der Waals surface area contributed by atoms with Crippen molar-refractivity contribution in [3.63, 3.8) is 0 Å². The number of carbonyl (C=O) groups excluding carboxylic acids is 1. The number of ether oxygens (including phenoxy) is 1. The molecule has 0 aliphatic heterocycles. The first-order valence-corrected chi connectivity index (χ1v) is 5.77. The summed E-state index contributed by atoms with van der Waals surface area (Å²) in [6.07, 6.45) is 0. The van der Waals surface area contributed by atoms with Crippen LogP contribution in [0.1, 0.15) is 34.6 Å². The Morgan fingerprint density at radius 2 is 1.87 bits per heavy atom. The molecule has 0 heterocycles. The Kier molecular flexibility index (Phi) is 5.60. The number of halogens is 1. The number of hydrogen-bond acceptors (Lipinski definition) is 2. The Morgan fingerprint density at radius 3 is 2.27 bits per heavy atom. The Balaban J connectivity index is 4.11. The molecular weight excluding hydrogens is 214 g/mol. The second kappa shape index (κ2) is 5.71. The smallest absolute Gasteiger partial charge is 0.226 e. The van der Waals surface area contributed by atoms with Crippen LogP contribution in [0.4, 0.5) is 0 Å². The molecule has 3 nitrogen and oxygen atoms in total. The van der Waals surface area contributed by atoms with Crippen molar-refractivity contribution in [1.29, 1.82) is 0 Å². The zero-order chi connectivity index (χ0) is 12.1. The van der Waals surface area contributed by atoms with Crippen LogP contribution in [0.15, 0.2) is 0 Å². The van der Waals surface area contributed by atoms with Gasteiger partial charge in [-0.2, -0.15) is 0 Å². The summed E-state index contributed by atoms with van der Waals surface area (Å²) in [6.45, 7) is 10.6. The molecule has 0 aromatic carbocycles. The van der Waals surface area contributed by atoms with Crippen molar-refractivity contribution in [2.75, 3.05) is 19.0 Å². The van der Waals surface area contributed by atoms with E-state index in [9.17, 15) is 4.79 Å². The summed E-state index contributed by atoms with van der Waals surface area (Å²) in [7, 11) is 0. The highest BCUT2D eigenvalue weighted by molar-refractivity contribution is 6.19. The molecule has 0 rings (SSSR count). The third-order valence-corrected chi connectivity index (χ3v) is 2.83. The Bertz CT molecular complexity index is 215. The molecule has 0 saturated carbocycles. The largest absolute Gasteiger partial charge is 0.374 e. The second-order valence-electron chi connectivity index (χ2n) is 4.89. The predicted molar refractivity (Wildman–Crippen MR) is 63.2 cm³/mol. The molecule has 0 unspecified atom stereocenters. The summed E-state index contributed by atoms with van der Waals surface area (Å²) in [4.78, 5) is 11.7. The zero-order valence-corrected chi connectivity index (χ0v) is 11.1. The lowest BCUT2D eigenvalue weighted by Gasteiger charge is -2.27. The van der Waals surface area contributed by atoms with Gasteiger partial charge in [-0.1, -0.05) is 0 Å². The van der Waals surface area contributed by atoms with Crippen molar-refractivity contribution in [3.05, 3.63) is 0 Å². The Hall–Kier alpha value is -0.280. The van der Waals surface area contributed by atoms with Crippen LogP contribution in [-0.2, 0) is 9.53 Å². The first-order chi connectivity index (χ1) is 6.75. The lowest BCUT2D eigenvalue weighted by molar-refractivity contribution is -0.129. The standard InChI is InChI=1S/C11H22ClNO2/c1-6-15-11(4,5)8-13-9(14)10(2,3)7-12/h6-8H2,1-5H3,(H,13,14). The van der Waals surface area contributed by atoms with Gasteiger partial charge < -0.3 is 10.1 Å². The van der Waals surface area contributed by atoms with Crippen LogP contribution in [0, 0.1) is 5.41 Å². The summed E-state index contributed by atoms with van der Waals surface area (Å²) in [5, 5.41) is 2.85. The molecular formula is C11H22ClNO2. The Labute approximate surface area is 97.5 Å². The monoisotopic (exact) mass is 235 g/mol. The van der Waals surface area contributed by atoms with Gasteiger partial charge in [0.05, 0.1) is 11.0 Å². The maximum absolute atomic E-state index is 11.7. The van der Waals surface area contributed by atoms with Crippen molar-refractivity contribution >= 4 is 17.5 Å². The first-order valence-electron chi connectivity index (χ1n) is 5.23. The maximum Gasteiger partial charge on any atom is 0.226 e. The molecule has 0 atom stereocenters. The summed E-state index contributed by atoms with van der Waals surface area (Å²) in [5.41, 5.74) is -0.851. The van der Waals surface area contributed by atoms with E-state index in [0.29, 0.717) is 19.0 Å². The summed E-state index contributed by atoms with van der Waals surface area (Å²) in [6, 6.07) is 0. The van der Waals surface area contributed by atoms with E-state index in [0.717, 1.165) is 0 Å². The third kappa shape index (κ3) is 5.38. The average molecular weight is 236 g/mol. The van der Waals surface area contributed by atoms with E-state index < -0.39 is 5.41 Å². The van der Waals surface area contributed by atoms with Crippen LogP contribution in [0.2, 0.25) is 0 Å². The van der Waals surface area contributed by atoms with Crippen molar-refractivity contribution in [3.8, 4) is 0 Å². The van der Waals surface area contributed by atoms with Crippen LogP contribution in [-0.4, -0.2) is 30.5 Å². The molecule has 0 aromatic heterocycles. The normalized spacial score (nSPS) is 12.7. The van der Waals surface area contributed by atoms with E-state index in [1.54, 1.807) is 0 Å². The summed E-state index contributed by atoms with van der Waals surface area (Å²) >= 11 is 5.71. The van der Waals surface area contributed by atoms with E-state index in [2.05, 4.69) is 5.32 Å². The fourth-order valence-electron chi connectivity index (χ4n) is 1.03. The minimum absolute atomic E-state index is 0.0368. The number of alkyl halides is 1. The van der Waals surface area contributed by atoms with E-state index in [1.807, 2.05) is 34.6 Å². The lowest BCUT2D eigenvalue weighted by Crippen LogP contribution is -2.45. The van der Waals surface area contributed by atoms with Crippen molar-refractivity contribution < 1.29 is 9.53 Å². The molecule has 0 fully saturated rings. The third-order valence-electron chi connectivity index (χ3n) is 2.16. The quantitative estimate of drug-likeness (QED) is 0.717. The van der Waals surface area contributed by atoms with Gasteiger partial charge in [-0.25, -0.2) is 0 Å². The van der Waals surface area contributed by atoms with E-state index >= 15 is 0 Å². The van der Waals surface area contributed by atoms with Gasteiger partial charge >= 0.3 is 0 Å². The maximum atomic E-state index is 11.7. The van der Waals surface area contributed by atoms with Crippen LogP contribution < -0.4 is 5.32 Å². The number of rotatable bonds is 6. The van der Waals surface area contributed by atoms with Crippen molar-refractivity contribution in [2.45, 2.75) is 40.2 Å². The fraction of sp³-hybridized carbons (Fsp3) is 0.909. The van der Waals surface area contributed by atoms with Crippen LogP contribution in [0.5, 0.6) is 0 Å². The predicted octanol–water partition coefficient (Wildman–Crippen LogP) is 2.18. The molecule has 0 aromatic rings. The molecule has 1 amide bonds. The molecule has 0 aliphatic carbocycles. The molecule has 0 aliphatic rings. The highest BCUT2D eigenvalue weighted by atomic mass is 35.5. The zero-order valence-electron chi connectivity index (χ0n) is 10.3. The van der Waals surface area contributed by atoms with E-state index in [-0.39, 0.29) is 11.5 Å². The molecule has 4 heteroatoms. The number of carbonyl (C=O) groups is 1. The van der Waals surface area contributed by atoms with Crippen molar-refractivity contribution in [1.82, 2.24) is 5.32 Å². The molecule has 0 radical (unpaired) electrons. The fourth-order valence-corrected chi connectivity index (χ4v) is 1.16. The summed E-state index contributed by atoms with van der Waals surface area (Å²) in [5.74, 6) is 0.277. The van der Waals surface area contributed by atoms with Crippen LogP contribution in [0.25, 0.3) is 0 Å². The van der Waals surface area contributed by atoms with Gasteiger partial charge in [-0.15, -0.1) is 11.6 Å². The minimum atomic E-state index is -0.524. The topological polar surface area (TPSA) is 38.3 Å². The molecule has 0 bridgehead atoms. The van der Waals surface area contributed by atoms with Gasteiger partial charge in [0.1, 0.15) is 0 Å². The number of amides is 1. The first kappa shape index (κ1) is 14.7. The Morgan fingerprint density at radius 1 is 1.33 bits per heavy atom. The van der Waals surface area contributed by atoms with Gasteiger partial charge in [0.15, 0.2) is 0 Å². The second-order valence-corrected chi connectivity index (χ2v) is 5.16. The lowest BCUT2D eigenvalue weighted by atomic mass is 9.95. The van der Waals surface area contributed by atoms with Crippen LogP contribution >= 0.6 is 11.6 Å². The average Bonchev–Trinajstić information content (AvgIpc) is 2.14. The highest BCUT2D eigenvalue weighted by Crippen LogP contribution is 2.17. The van der Waals surface area contributed by atoms with E-state index in [1.165, 1.54) is 0 Å². The van der Waals surface area contributed by atoms with E-state index in [4.69, 9.17) is 16.3 Å². The molecule has 0 spiro atoms. The van der Waals surface area contributed by atoms with Gasteiger partial charge in [-0.3, -0.25) is 4.79 Å². The van der Waals surface area contributed by atoms with Gasteiger partial charge in [0, 0.05) is 19.0 Å². The van der Waals surface area contributed by atoms with Gasteiger partial charge in [0.25, 0.3) is 0 Å². The summed E-state index contributed by atoms with van der Waals surface area (Å²) < 4.78 is 5.48. The minimum Gasteiger partial charge on any atom is -0.374 e. The molecule has 15 heavy (non-hydrogen) atoms. The highest BCUT2D eigenvalue weighted by Gasteiger charge is 2.28. The SMILES string of the molecule is CCOC(C)(C)CNC(=O)C(C)(C)CCl. The van der Waals surface area contributed by atoms with Crippen molar-refractivity contribution in [2.24, 2.45) is 5.41 Å². The van der Waals surface area contributed by atoms with Crippen LogP contribution in [0.3, 0.4) is 0 Å². The number of hydrogen-bond donors (Lipinski definition) is 1. The van der Waals surface area contributed by atoms with Gasteiger partial charge in [-0.05, 0) is 34.6 Å². The molecule has 0 saturated heterocycles. The number of nitrogens with one attached hydrogen (secondary N) is 1.